The van der Waals surface area contributed by atoms with Crippen LogP contribution in [0.3, 0.4) is 0 Å². The molecular weight excluding hydrogens is 380 g/mol. The van der Waals surface area contributed by atoms with E-state index in [4.69, 9.17) is 9.72 Å². The Balaban J connectivity index is 1.47. The highest BCUT2D eigenvalue weighted by Crippen LogP contribution is 2.26. The number of piperazine rings is 1. The van der Waals surface area contributed by atoms with E-state index in [2.05, 4.69) is 10.1 Å². The molecule has 30 heavy (non-hydrogen) atoms. The van der Waals surface area contributed by atoms with E-state index >= 15 is 0 Å². The van der Waals surface area contributed by atoms with Crippen LogP contribution in [0.4, 0.5) is 5.95 Å². The molecule has 3 heterocycles. The molecule has 0 bridgehead atoms. The van der Waals surface area contributed by atoms with E-state index in [1.54, 1.807) is 13.3 Å². The van der Waals surface area contributed by atoms with Crippen LogP contribution >= 0.6 is 0 Å². The normalized spacial score (nSPS) is 14.3. The van der Waals surface area contributed by atoms with Gasteiger partial charge in [-0.25, -0.2) is 9.97 Å². The summed E-state index contributed by atoms with van der Waals surface area (Å²) in [6.07, 6.45) is 1.75. The number of amides is 1. The summed E-state index contributed by atoms with van der Waals surface area (Å²) in [5.41, 5.74) is 4.91. The van der Waals surface area contributed by atoms with Gasteiger partial charge in [-0.15, -0.1) is 0 Å². The Kier molecular flexibility index (Phi) is 5.39. The highest BCUT2D eigenvalue weighted by Gasteiger charge is 2.26. The number of methoxy groups -OCH3 is 1. The average Bonchev–Trinajstić information content (AvgIpc) is 3.01. The number of rotatable bonds is 5. The van der Waals surface area contributed by atoms with Crippen molar-refractivity contribution in [3.8, 4) is 17.0 Å². The number of aromatic nitrogens is 4. The summed E-state index contributed by atoms with van der Waals surface area (Å²) in [5, 5.41) is 4.48. The van der Waals surface area contributed by atoms with E-state index in [0.29, 0.717) is 25.6 Å². The van der Waals surface area contributed by atoms with Crippen LogP contribution in [0.1, 0.15) is 17.0 Å². The standard InChI is InChI=1S/C22H26N6O2/c1-15-21(16(2)26(3)25-15)19-9-10-23-22(24-19)28-12-11-27(20(29)14-28)13-17-5-7-18(30-4)8-6-17/h5-10H,11-14H2,1-4H3. The van der Waals surface area contributed by atoms with Crippen LogP contribution in [0.25, 0.3) is 11.3 Å². The van der Waals surface area contributed by atoms with Gasteiger partial charge in [0.15, 0.2) is 0 Å². The smallest absolute Gasteiger partial charge is 0.242 e. The maximum absolute atomic E-state index is 12.8. The molecule has 1 aromatic carbocycles. The molecule has 1 amide bonds. The van der Waals surface area contributed by atoms with Crippen LogP contribution in [0, 0.1) is 13.8 Å². The molecule has 0 saturated carbocycles. The minimum Gasteiger partial charge on any atom is -0.497 e. The first kappa shape index (κ1) is 19.9. The van der Waals surface area contributed by atoms with Gasteiger partial charge in [-0.2, -0.15) is 5.10 Å². The van der Waals surface area contributed by atoms with Gasteiger partial charge in [-0.05, 0) is 37.6 Å². The van der Waals surface area contributed by atoms with Gasteiger partial charge in [-0.1, -0.05) is 12.1 Å². The molecule has 8 heteroatoms. The molecule has 0 aliphatic carbocycles. The van der Waals surface area contributed by atoms with E-state index in [9.17, 15) is 4.79 Å². The molecule has 0 atom stereocenters. The lowest BCUT2D eigenvalue weighted by Gasteiger charge is -2.34. The summed E-state index contributed by atoms with van der Waals surface area (Å²) in [5.74, 6) is 1.46. The van der Waals surface area contributed by atoms with Crippen molar-refractivity contribution in [1.29, 1.82) is 0 Å². The van der Waals surface area contributed by atoms with Crippen molar-refractivity contribution in [3.63, 3.8) is 0 Å². The lowest BCUT2D eigenvalue weighted by atomic mass is 10.1. The molecule has 0 radical (unpaired) electrons. The molecule has 0 spiro atoms. The minimum atomic E-state index is 0.0693. The quantitative estimate of drug-likeness (QED) is 0.647. The monoisotopic (exact) mass is 406 g/mol. The fraction of sp³-hybridized carbons (Fsp3) is 0.364. The van der Waals surface area contributed by atoms with Gasteiger partial charge in [0.05, 0.1) is 18.5 Å². The second-order valence-corrected chi connectivity index (χ2v) is 7.50. The molecule has 0 N–H and O–H groups in total. The van der Waals surface area contributed by atoms with E-state index in [-0.39, 0.29) is 12.5 Å². The van der Waals surface area contributed by atoms with Gasteiger partial charge in [0, 0.05) is 44.1 Å². The predicted octanol–water partition coefficient (Wildman–Crippen LogP) is 2.35. The van der Waals surface area contributed by atoms with E-state index < -0.39 is 0 Å². The first-order valence-corrected chi connectivity index (χ1v) is 9.95. The maximum atomic E-state index is 12.8. The molecule has 1 aliphatic rings. The van der Waals surface area contributed by atoms with Crippen LogP contribution in [0.15, 0.2) is 36.5 Å². The van der Waals surface area contributed by atoms with E-state index in [1.165, 1.54) is 0 Å². The number of carbonyl (C=O) groups is 1. The van der Waals surface area contributed by atoms with Crippen LogP contribution in [0.5, 0.6) is 5.75 Å². The summed E-state index contributed by atoms with van der Waals surface area (Å²) in [6, 6.07) is 9.70. The fourth-order valence-corrected chi connectivity index (χ4v) is 3.78. The molecule has 3 aromatic rings. The second kappa shape index (κ2) is 8.14. The molecule has 1 aliphatic heterocycles. The maximum Gasteiger partial charge on any atom is 0.242 e. The minimum absolute atomic E-state index is 0.0693. The van der Waals surface area contributed by atoms with Gasteiger partial charge < -0.3 is 14.5 Å². The molecule has 8 nitrogen and oxygen atoms in total. The predicted molar refractivity (Wildman–Crippen MR) is 114 cm³/mol. The van der Waals surface area contributed by atoms with Gasteiger partial charge in [-0.3, -0.25) is 9.48 Å². The van der Waals surface area contributed by atoms with E-state index in [1.807, 2.05) is 65.7 Å². The zero-order valence-corrected chi connectivity index (χ0v) is 17.8. The van der Waals surface area contributed by atoms with Gasteiger partial charge in [0.25, 0.3) is 0 Å². The number of benzene rings is 1. The second-order valence-electron chi connectivity index (χ2n) is 7.50. The summed E-state index contributed by atoms with van der Waals surface area (Å²) in [6.45, 7) is 6.18. The third-order valence-electron chi connectivity index (χ3n) is 5.54. The molecule has 0 unspecified atom stereocenters. The van der Waals surface area contributed by atoms with Crippen molar-refractivity contribution >= 4 is 11.9 Å². The van der Waals surface area contributed by atoms with Crippen molar-refractivity contribution in [2.24, 2.45) is 7.05 Å². The number of hydrogen-bond donors (Lipinski definition) is 0. The molecule has 1 saturated heterocycles. The Labute approximate surface area is 176 Å². The topological polar surface area (TPSA) is 76.4 Å². The first-order chi connectivity index (χ1) is 14.5. The molecule has 156 valence electrons. The lowest BCUT2D eigenvalue weighted by molar-refractivity contribution is -0.131. The number of ether oxygens (including phenoxy) is 1. The fourth-order valence-electron chi connectivity index (χ4n) is 3.78. The third-order valence-corrected chi connectivity index (χ3v) is 5.54. The number of hydrogen-bond acceptors (Lipinski definition) is 6. The summed E-state index contributed by atoms with van der Waals surface area (Å²) in [4.78, 5) is 25.7. The molecular formula is C22H26N6O2. The van der Waals surface area contributed by atoms with Crippen LogP contribution < -0.4 is 9.64 Å². The van der Waals surface area contributed by atoms with E-state index in [0.717, 1.165) is 34.0 Å². The summed E-state index contributed by atoms with van der Waals surface area (Å²) < 4.78 is 7.05. The molecule has 2 aromatic heterocycles. The van der Waals surface area contributed by atoms with Crippen LogP contribution in [0.2, 0.25) is 0 Å². The number of anilines is 1. The van der Waals surface area contributed by atoms with Crippen molar-refractivity contribution < 1.29 is 9.53 Å². The Morgan fingerprint density at radius 2 is 1.87 bits per heavy atom. The largest absolute Gasteiger partial charge is 0.497 e. The first-order valence-electron chi connectivity index (χ1n) is 9.95. The van der Waals surface area contributed by atoms with Crippen molar-refractivity contribution in [2.75, 3.05) is 31.6 Å². The zero-order valence-electron chi connectivity index (χ0n) is 17.8. The number of carbonyl (C=O) groups excluding carboxylic acids is 1. The Morgan fingerprint density at radius 1 is 1.10 bits per heavy atom. The molecule has 4 rings (SSSR count). The lowest BCUT2D eigenvalue weighted by Crippen LogP contribution is -2.50. The Bertz CT molecular complexity index is 1060. The van der Waals surface area contributed by atoms with Gasteiger partial charge in [0.1, 0.15) is 12.3 Å². The SMILES string of the molecule is COc1ccc(CN2CCN(c3nccc(-c4c(C)nn(C)c4C)n3)CC2=O)cc1. The Morgan fingerprint density at radius 3 is 2.50 bits per heavy atom. The highest BCUT2D eigenvalue weighted by atomic mass is 16.5. The van der Waals surface area contributed by atoms with Gasteiger partial charge >= 0.3 is 0 Å². The Hall–Kier alpha value is -3.42. The number of aryl methyl sites for hydroxylation is 2. The number of nitrogens with zero attached hydrogens (tertiary/aromatic N) is 6. The third kappa shape index (κ3) is 3.85. The van der Waals surface area contributed by atoms with Crippen molar-refractivity contribution in [1.82, 2.24) is 24.6 Å². The van der Waals surface area contributed by atoms with Crippen LogP contribution in [-0.4, -0.2) is 57.3 Å². The highest BCUT2D eigenvalue weighted by molar-refractivity contribution is 5.82. The van der Waals surface area contributed by atoms with Gasteiger partial charge in [0.2, 0.25) is 11.9 Å². The summed E-state index contributed by atoms with van der Waals surface area (Å²) >= 11 is 0. The zero-order chi connectivity index (χ0) is 21.3. The average molecular weight is 406 g/mol. The molecule has 1 fully saturated rings. The van der Waals surface area contributed by atoms with Crippen LogP contribution in [-0.2, 0) is 18.4 Å². The van der Waals surface area contributed by atoms with Crippen molar-refractivity contribution in [3.05, 3.63) is 53.5 Å². The summed E-state index contributed by atoms with van der Waals surface area (Å²) in [7, 11) is 3.57. The van der Waals surface area contributed by atoms with Crippen molar-refractivity contribution in [2.45, 2.75) is 20.4 Å².